The van der Waals surface area contributed by atoms with Crippen LogP contribution in [0.5, 0.6) is 0 Å². The van der Waals surface area contributed by atoms with Crippen LogP contribution in [-0.4, -0.2) is 17.0 Å². The van der Waals surface area contributed by atoms with Crippen molar-refractivity contribution in [1.29, 1.82) is 0 Å². The first-order chi connectivity index (χ1) is 9.20. The van der Waals surface area contributed by atoms with Crippen LogP contribution in [0.15, 0.2) is 29.6 Å². The van der Waals surface area contributed by atoms with E-state index in [4.69, 9.17) is 11.6 Å². The van der Waals surface area contributed by atoms with E-state index in [1.807, 2.05) is 30.6 Å². The molecule has 0 saturated heterocycles. The van der Waals surface area contributed by atoms with Crippen LogP contribution in [0.2, 0.25) is 5.02 Å². The summed E-state index contributed by atoms with van der Waals surface area (Å²) in [5.41, 5.74) is 2.09. The molecule has 0 aliphatic heterocycles. The predicted molar refractivity (Wildman–Crippen MR) is 82.1 cm³/mol. The molecule has 0 amide bonds. The third kappa shape index (κ3) is 2.07. The Kier molecular flexibility index (Phi) is 3.12. The molecule has 0 fully saturated rings. The van der Waals surface area contributed by atoms with Crippen molar-refractivity contribution in [3.05, 3.63) is 40.2 Å². The van der Waals surface area contributed by atoms with Crippen molar-refractivity contribution in [3.63, 3.8) is 0 Å². The zero-order chi connectivity index (χ0) is 13.4. The monoisotopic (exact) mass is 289 g/mol. The first-order valence-electron chi connectivity index (χ1n) is 5.89. The highest BCUT2D eigenvalue weighted by molar-refractivity contribution is 7.14. The van der Waals surface area contributed by atoms with Crippen LogP contribution in [-0.2, 0) is 0 Å². The molecule has 2 aromatic heterocycles. The van der Waals surface area contributed by atoms with E-state index in [0.717, 1.165) is 27.2 Å². The van der Waals surface area contributed by atoms with Crippen molar-refractivity contribution in [3.8, 4) is 10.7 Å². The first-order valence-corrected chi connectivity index (χ1v) is 7.15. The molecule has 0 saturated carbocycles. The van der Waals surface area contributed by atoms with E-state index in [-0.39, 0.29) is 0 Å². The Labute approximate surface area is 120 Å². The lowest BCUT2D eigenvalue weighted by Gasteiger charge is -2.09. The summed E-state index contributed by atoms with van der Waals surface area (Å²) in [5.74, 6) is 1.50. The minimum atomic E-state index is 0.669. The topological polar surface area (TPSA) is 37.8 Å². The standard InChI is InChI=1S/C14H12ClN3S/c1-8-4-3-5-10-11(8)13(16-2)18-14(17-10)12-9(15)6-7-19-12/h3-7H,1-2H3,(H,16,17,18). The average molecular weight is 290 g/mol. The largest absolute Gasteiger partial charge is 0.373 e. The summed E-state index contributed by atoms with van der Waals surface area (Å²) in [5, 5.41) is 6.84. The SMILES string of the molecule is CNc1nc(-c2sccc2Cl)nc2cccc(C)c12. The molecule has 0 radical (unpaired) electrons. The Balaban J connectivity index is 2.33. The summed E-state index contributed by atoms with van der Waals surface area (Å²) in [4.78, 5) is 10.1. The van der Waals surface area contributed by atoms with Gasteiger partial charge in [0, 0.05) is 12.4 Å². The lowest BCUT2D eigenvalue weighted by Crippen LogP contribution is -1.99. The van der Waals surface area contributed by atoms with Crippen LogP contribution >= 0.6 is 22.9 Å². The van der Waals surface area contributed by atoms with Gasteiger partial charge < -0.3 is 5.32 Å². The Morgan fingerprint density at radius 3 is 2.74 bits per heavy atom. The van der Waals surface area contributed by atoms with Crippen LogP contribution in [0.3, 0.4) is 0 Å². The zero-order valence-corrected chi connectivity index (χ0v) is 12.1. The van der Waals surface area contributed by atoms with Crippen LogP contribution in [0.4, 0.5) is 5.82 Å². The lowest BCUT2D eigenvalue weighted by molar-refractivity contribution is 1.22. The normalized spacial score (nSPS) is 10.9. The van der Waals surface area contributed by atoms with Crippen molar-refractivity contribution in [2.45, 2.75) is 6.92 Å². The molecular weight excluding hydrogens is 278 g/mol. The fourth-order valence-corrected chi connectivity index (χ4v) is 3.16. The highest BCUT2D eigenvalue weighted by Crippen LogP contribution is 2.33. The Hall–Kier alpha value is -1.65. The maximum atomic E-state index is 6.16. The average Bonchev–Trinajstić information content (AvgIpc) is 2.84. The smallest absolute Gasteiger partial charge is 0.173 e. The van der Waals surface area contributed by atoms with E-state index < -0.39 is 0 Å². The minimum absolute atomic E-state index is 0.669. The Bertz CT molecular complexity index is 752. The number of hydrogen-bond acceptors (Lipinski definition) is 4. The predicted octanol–water partition coefficient (Wildman–Crippen LogP) is 4.36. The van der Waals surface area contributed by atoms with E-state index in [0.29, 0.717) is 10.8 Å². The number of hydrogen-bond donors (Lipinski definition) is 1. The lowest BCUT2D eigenvalue weighted by atomic mass is 10.1. The highest BCUT2D eigenvalue weighted by atomic mass is 35.5. The van der Waals surface area contributed by atoms with Gasteiger partial charge in [-0.05, 0) is 30.0 Å². The number of halogens is 1. The molecule has 0 atom stereocenters. The second kappa shape index (κ2) is 4.79. The molecule has 0 aliphatic carbocycles. The van der Waals surface area contributed by atoms with Gasteiger partial charge >= 0.3 is 0 Å². The Morgan fingerprint density at radius 1 is 1.21 bits per heavy atom. The molecular formula is C14H12ClN3S. The molecule has 3 aromatic rings. The highest BCUT2D eigenvalue weighted by Gasteiger charge is 2.13. The van der Waals surface area contributed by atoms with Crippen LogP contribution in [0.25, 0.3) is 21.6 Å². The van der Waals surface area contributed by atoms with Crippen molar-refractivity contribution >= 4 is 39.7 Å². The van der Waals surface area contributed by atoms with Gasteiger partial charge in [0.05, 0.1) is 15.4 Å². The fraction of sp³-hybridized carbons (Fsp3) is 0.143. The second-order valence-corrected chi connectivity index (χ2v) is 5.54. The van der Waals surface area contributed by atoms with Gasteiger partial charge in [0.2, 0.25) is 0 Å². The number of nitrogens with one attached hydrogen (secondary N) is 1. The summed E-state index contributed by atoms with van der Waals surface area (Å²) in [6.07, 6.45) is 0. The van der Waals surface area contributed by atoms with Crippen molar-refractivity contribution < 1.29 is 0 Å². The molecule has 0 bridgehead atoms. The number of benzene rings is 1. The van der Waals surface area contributed by atoms with E-state index in [1.165, 1.54) is 0 Å². The van der Waals surface area contributed by atoms with E-state index >= 15 is 0 Å². The van der Waals surface area contributed by atoms with E-state index in [1.54, 1.807) is 11.3 Å². The van der Waals surface area contributed by atoms with Crippen molar-refractivity contribution in [1.82, 2.24) is 9.97 Å². The summed E-state index contributed by atoms with van der Waals surface area (Å²) in [6.45, 7) is 2.06. The quantitative estimate of drug-likeness (QED) is 0.761. The molecule has 0 unspecified atom stereocenters. The van der Waals surface area contributed by atoms with Gasteiger partial charge in [-0.1, -0.05) is 23.7 Å². The third-order valence-electron chi connectivity index (χ3n) is 2.99. The summed E-state index contributed by atoms with van der Waals surface area (Å²) < 4.78 is 0. The number of thiophene rings is 1. The molecule has 3 nitrogen and oxygen atoms in total. The summed E-state index contributed by atoms with van der Waals surface area (Å²) in [6, 6.07) is 7.93. The van der Waals surface area contributed by atoms with Crippen LogP contribution in [0.1, 0.15) is 5.56 Å². The van der Waals surface area contributed by atoms with Gasteiger partial charge in [-0.3, -0.25) is 0 Å². The van der Waals surface area contributed by atoms with E-state index in [2.05, 4.69) is 28.3 Å². The van der Waals surface area contributed by atoms with Crippen molar-refractivity contribution in [2.24, 2.45) is 0 Å². The third-order valence-corrected chi connectivity index (χ3v) is 4.33. The van der Waals surface area contributed by atoms with Gasteiger partial charge in [0.15, 0.2) is 5.82 Å². The maximum Gasteiger partial charge on any atom is 0.173 e. The number of aromatic nitrogens is 2. The number of rotatable bonds is 2. The maximum absolute atomic E-state index is 6.16. The fourth-order valence-electron chi connectivity index (χ4n) is 2.09. The number of aryl methyl sites for hydroxylation is 1. The van der Waals surface area contributed by atoms with E-state index in [9.17, 15) is 0 Å². The number of fused-ring (bicyclic) bond motifs is 1. The zero-order valence-electron chi connectivity index (χ0n) is 10.6. The van der Waals surface area contributed by atoms with Gasteiger partial charge in [-0.2, -0.15) is 0 Å². The van der Waals surface area contributed by atoms with Gasteiger partial charge in [-0.25, -0.2) is 9.97 Å². The Morgan fingerprint density at radius 2 is 2.05 bits per heavy atom. The van der Waals surface area contributed by atoms with Gasteiger partial charge in [-0.15, -0.1) is 11.3 Å². The first kappa shape index (κ1) is 12.4. The molecule has 0 spiro atoms. The molecule has 1 N–H and O–H groups in total. The summed E-state index contributed by atoms with van der Waals surface area (Å²) >= 11 is 7.71. The molecule has 96 valence electrons. The number of nitrogens with zero attached hydrogens (tertiary/aromatic N) is 2. The minimum Gasteiger partial charge on any atom is -0.373 e. The molecule has 0 aliphatic rings. The molecule has 19 heavy (non-hydrogen) atoms. The second-order valence-electron chi connectivity index (χ2n) is 4.21. The van der Waals surface area contributed by atoms with Gasteiger partial charge in [0.25, 0.3) is 0 Å². The molecule has 3 rings (SSSR count). The number of anilines is 1. The van der Waals surface area contributed by atoms with Gasteiger partial charge in [0.1, 0.15) is 5.82 Å². The molecule has 1 aromatic carbocycles. The van der Waals surface area contributed by atoms with Crippen LogP contribution in [0, 0.1) is 6.92 Å². The van der Waals surface area contributed by atoms with Crippen molar-refractivity contribution in [2.75, 3.05) is 12.4 Å². The summed E-state index contributed by atoms with van der Waals surface area (Å²) in [7, 11) is 1.87. The molecule has 5 heteroatoms. The van der Waals surface area contributed by atoms with Crippen LogP contribution < -0.4 is 5.32 Å². The molecule has 2 heterocycles.